The molecule has 138 valence electrons. The summed E-state index contributed by atoms with van der Waals surface area (Å²) in [7, 11) is 0. The molecule has 0 unspecified atom stereocenters. The lowest BCUT2D eigenvalue weighted by Gasteiger charge is -2.10. The number of carbonyl (C=O) groups is 2. The van der Waals surface area contributed by atoms with Crippen molar-refractivity contribution in [3.05, 3.63) is 71.4 Å². The number of esters is 1. The van der Waals surface area contributed by atoms with Gasteiger partial charge in [-0.05, 0) is 36.4 Å². The van der Waals surface area contributed by atoms with Crippen LogP contribution in [0.5, 0.6) is 5.75 Å². The largest absolute Gasteiger partial charge is 0.480 e. The normalized spacial score (nSPS) is 10.4. The third kappa shape index (κ3) is 4.95. The number of aromatic nitrogens is 1. The van der Waals surface area contributed by atoms with Crippen molar-refractivity contribution in [2.45, 2.75) is 0 Å². The number of hydrogen-bond donors (Lipinski definition) is 1. The van der Waals surface area contributed by atoms with E-state index in [1.165, 1.54) is 0 Å². The van der Waals surface area contributed by atoms with Gasteiger partial charge in [-0.2, -0.15) is 0 Å². The average molecular weight is 385 g/mol. The molecule has 0 atom stereocenters. The minimum atomic E-state index is -0.539. The molecule has 3 rings (SSSR count). The molecule has 0 spiro atoms. The summed E-state index contributed by atoms with van der Waals surface area (Å²) in [6.45, 7) is 0.00518. The fraction of sp³-hybridized carbons (Fsp3) is 0.150. The van der Waals surface area contributed by atoms with E-state index in [0.717, 1.165) is 5.39 Å². The Morgan fingerprint density at radius 3 is 2.67 bits per heavy atom. The Balaban J connectivity index is 1.44. The average Bonchev–Trinajstić information content (AvgIpc) is 2.71. The Bertz CT molecular complexity index is 947. The number of fused-ring (bicyclic) bond motifs is 1. The molecule has 0 saturated heterocycles. The maximum Gasteiger partial charge on any atom is 0.344 e. The van der Waals surface area contributed by atoms with E-state index < -0.39 is 5.97 Å². The number of ether oxygens (including phenoxy) is 2. The second-order valence-electron chi connectivity index (χ2n) is 5.58. The van der Waals surface area contributed by atoms with E-state index >= 15 is 0 Å². The summed E-state index contributed by atoms with van der Waals surface area (Å²) in [5, 5.41) is 3.98. The standard InChI is InChI=1S/C20H17ClN2O4/c21-16-8-9-17(19-15(16)7-4-10-22-19)27-13-18(24)26-12-11-23-20(25)14-5-2-1-3-6-14/h1-10H,11-13H2,(H,23,25). The molecule has 0 fully saturated rings. The molecule has 1 N–H and O–H groups in total. The Hall–Kier alpha value is -3.12. The summed E-state index contributed by atoms with van der Waals surface area (Å²) in [4.78, 5) is 27.9. The van der Waals surface area contributed by atoms with Gasteiger partial charge in [0.25, 0.3) is 5.91 Å². The molecule has 1 amide bonds. The van der Waals surface area contributed by atoms with Crippen molar-refractivity contribution in [2.75, 3.05) is 19.8 Å². The summed E-state index contributed by atoms with van der Waals surface area (Å²) in [5.41, 5.74) is 1.13. The van der Waals surface area contributed by atoms with E-state index in [9.17, 15) is 9.59 Å². The first-order valence-electron chi connectivity index (χ1n) is 8.30. The maximum atomic E-state index is 11.9. The number of carbonyl (C=O) groups excluding carboxylic acids is 2. The van der Waals surface area contributed by atoms with Crippen LogP contribution in [-0.2, 0) is 9.53 Å². The van der Waals surface area contributed by atoms with Crippen molar-refractivity contribution in [3.63, 3.8) is 0 Å². The number of nitrogens with zero attached hydrogens (tertiary/aromatic N) is 1. The van der Waals surface area contributed by atoms with Crippen molar-refractivity contribution < 1.29 is 19.1 Å². The number of amides is 1. The van der Waals surface area contributed by atoms with Crippen LogP contribution in [-0.4, -0.2) is 36.6 Å². The third-order valence-corrected chi connectivity index (χ3v) is 4.04. The zero-order valence-electron chi connectivity index (χ0n) is 14.4. The van der Waals surface area contributed by atoms with Crippen LogP contribution < -0.4 is 10.1 Å². The van der Waals surface area contributed by atoms with E-state index in [1.807, 2.05) is 12.1 Å². The molecule has 2 aromatic carbocycles. The van der Waals surface area contributed by atoms with Gasteiger partial charge in [0, 0.05) is 17.1 Å². The Kier molecular flexibility index (Phi) is 6.22. The van der Waals surface area contributed by atoms with Gasteiger partial charge in [-0.25, -0.2) is 4.79 Å². The smallest absolute Gasteiger partial charge is 0.344 e. The van der Waals surface area contributed by atoms with Gasteiger partial charge in [-0.1, -0.05) is 29.8 Å². The Labute approximate surface area is 161 Å². The second-order valence-corrected chi connectivity index (χ2v) is 5.98. The highest BCUT2D eigenvalue weighted by atomic mass is 35.5. The molecule has 0 aliphatic rings. The van der Waals surface area contributed by atoms with Crippen LogP contribution in [0.25, 0.3) is 10.9 Å². The molecule has 0 aliphatic heterocycles. The zero-order chi connectivity index (χ0) is 19.1. The highest BCUT2D eigenvalue weighted by molar-refractivity contribution is 6.35. The summed E-state index contributed by atoms with van der Waals surface area (Å²) in [5.74, 6) is -0.311. The van der Waals surface area contributed by atoms with Gasteiger partial charge in [-0.15, -0.1) is 0 Å². The second kappa shape index (κ2) is 9.00. The summed E-state index contributed by atoms with van der Waals surface area (Å²) in [6, 6.07) is 15.7. The minimum absolute atomic E-state index is 0.0559. The third-order valence-electron chi connectivity index (χ3n) is 3.71. The molecule has 0 bridgehead atoms. The van der Waals surface area contributed by atoms with Gasteiger partial charge in [0.05, 0.1) is 11.6 Å². The van der Waals surface area contributed by atoms with Crippen molar-refractivity contribution in [3.8, 4) is 5.75 Å². The summed E-state index contributed by atoms with van der Waals surface area (Å²) < 4.78 is 10.6. The predicted molar refractivity (Wildman–Crippen MR) is 102 cm³/mol. The fourth-order valence-electron chi connectivity index (χ4n) is 2.43. The van der Waals surface area contributed by atoms with Crippen molar-refractivity contribution >= 4 is 34.4 Å². The predicted octanol–water partition coefficient (Wildman–Crippen LogP) is 3.24. The molecule has 6 nitrogen and oxygen atoms in total. The molecule has 0 radical (unpaired) electrons. The van der Waals surface area contributed by atoms with Crippen molar-refractivity contribution in [1.29, 1.82) is 0 Å². The van der Waals surface area contributed by atoms with Gasteiger partial charge in [0.2, 0.25) is 0 Å². The lowest BCUT2D eigenvalue weighted by atomic mass is 10.2. The molecule has 1 aromatic heterocycles. The topological polar surface area (TPSA) is 77.5 Å². The first-order chi connectivity index (χ1) is 13.1. The van der Waals surface area contributed by atoms with Crippen molar-refractivity contribution in [2.24, 2.45) is 0 Å². The monoisotopic (exact) mass is 384 g/mol. The Morgan fingerprint density at radius 1 is 1.04 bits per heavy atom. The van der Waals surface area contributed by atoms with Gasteiger partial charge >= 0.3 is 5.97 Å². The molecular weight excluding hydrogens is 368 g/mol. The van der Waals surface area contributed by atoms with Crippen LogP contribution in [0.2, 0.25) is 5.02 Å². The first kappa shape index (κ1) is 18.7. The van der Waals surface area contributed by atoms with E-state index in [-0.39, 0.29) is 25.7 Å². The van der Waals surface area contributed by atoms with Crippen LogP contribution in [0.1, 0.15) is 10.4 Å². The lowest BCUT2D eigenvalue weighted by molar-refractivity contribution is -0.145. The molecular formula is C20H17ClN2O4. The molecule has 0 saturated carbocycles. The Morgan fingerprint density at radius 2 is 1.85 bits per heavy atom. The van der Waals surface area contributed by atoms with Crippen LogP contribution in [0.4, 0.5) is 0 Å². The van der Waals surface area contributed by atoms with E-state index in [2.05, 4.69) is 10.3 Å². The highest BCUT2D eigenvalue weighted by Gasteiger charge is 2.10. The number of benzene rings is 2. The summed E-state index contributed by atoms with van der Waals surface area (Å²) in [6.07, 6.45) is 1.62. The van der Waals surface area contributed by atoms with Gasteiger partial charge < -0.3 is 14.8 Å². The summed E-state index contributed by atoms with van der Waals surface area (Å²) >= 11 is 6.12. The molecule has 27 heavy (non-hydrogen) atoms. The van der Waals surface area contributed by atoms with E-state index in [1.54, 1.807) is 48.7 Å². The highest BCUT2D eigenvalue weighted by Crippen LogP contribution is 2.29. The van der Waals surface area contributed by atoms with E-state index in [4.69, 9.17) is 21.1 Å². The fourth-order valence-corrected chi connectivity index (χ4v) is 2.64. The van der Waals surface area contributed by atoms with Gasteiger partial charge in [0.1, 0.15) is 17.9 Å². The quantitative estimate of drug-likeness (QED) is 0.500. The first-order valence-corrected chi connectivity index (χ1v) is 8.68. The van der Waals surface area contributed by atoms with Gasteiger partial charge in [0.15, 0.2) is 6.61 Å². The van der Waals surface area contributed by atoms with Crippen LogP contribution >= 0.6 is 11.6 Å². The molecule has 7 heteroatoms. The number of rotatable bonds is 7. The number of pyridine rings is 1. The van der Waals surface area contributed by atoms with E-state index in [0.29, 0.717) is 21.9 Å². The van der Waals surface area contributed by atoms with Crippen LogP contribution in [0.3, 0.4) is 0 Å². The minimum Gasteiger partial charge on any atom is -0.480 e. The SMILES string of the molecule is O=C(COc1ccc(Cl)c2cccnc12)OCCNC(=O)c1ccccc1. The molecule has 3 aromatic rings. The molecule has 1 heterocycles. The van der Waals surface area contributed by atoms with Gasteiger partial charge in [-0.3, -0.25) is 9.78 Å². The van der Waals surface area contributed by atoms with Crippen LogP contribution in [0.15, 0.2) is 60.8 Å². The van der Waals surface area contributed by atoms with Crippen molar-refractivity contribution in [1.82, 2.24) is 10.3 Å². The zero-order valence-corrected chi connectivity index (χ0v) is 15.1. The van der Waals surface area contributed by atoms with Crippen LogP contribution in [0, 0.1) is 0 Å². The number of hydrogen-bond acceptors (Lipinski definition) is 5. The molecule has 0 aliphatic carbocycles. The lowest BCUT2D eigenvalue weighted by Crippen LogP contribution is -2.28. The number of nitrogens with one attached hydrogen (secondary N) is 1. The maximum absolute atomic E-state index is 11.9. The number of halogens is 1.